The number of amides is 3. The molecule has 1 heterocycles. The first-order valence-corrected chi connectivity index (χ1v) is 9.75. The summed E-state index contributed by atoms with van der Waals surface area (Å²) in [6.45, 7) is 5.09. The number of anilines is 1. The molecule has 1 fully saturated rings. The number of hydrogen-bond donors (Lipinski definition) is 2. The van der Waals surface area contributed by atoms with Crippen LogP contribution in [0.3, 0.4) is 0 Å². The summed E-state index contributed by atoms with van der Waals surface area (Å²) in [4.78, 5) is 28.2. The molecule has 7 heteroatoms. The summed E-state index contributed by atoms with van der Waals surface area (Å²) < 4.78 is 0. The molecule has 0 radical (unpaired) electrons. The summed E-state index contributed by atoms with van der Waals surface area (Å²) in [5.74, 6) is -0.0794. The molecule has 2 aromatic carbocycles. The number of carbonyl (C=O) groups excluding carboxylic acids is 2. The van der Waals surface area contributed by atoms with Gasteiger partial charge < -0.3 is 20.4 Å². The van der Waals surface area contributed by atoms with Gasteiger partial charge in [0, 0.05) is 32.7 Å². The number of nitrogens with one attached hydrogen (secondary N) is 2. The van der Waals surface area contributed by atoms with Crippen LogP contribution in [0, 0.1) is 6.92 Å². The molecule has 0 unspecified atom stereocenters. The van der Waals surface area contributed by atoms with E-state index < -0.39 is 0 Å². The molecule has 148 valence electrons. The van der Waals surface area contributed by atoms with E-state index in [0.29, 0.717) is 24.7 Å². The zero-order chi connectivity index (χ0) is 19.9. The summed E-state index contributed by atoms with van der Waals surface area (Å²) >= 11 is 6.25. The van der Waals surface area contributed by atoms with Crippen LogP contribution < -0.4 is 15.5 Å². The molecule has 0 aliphatic carbocycles. The molecule has 1 aliphatic rings. The maximum Gasteiger partial charge on any atom is 0.315 e. The maximum atomic E-state index is 12.4. The molecule has 0 spiro atoms. The van der Waals surface area contributed by atoms with E-state index in [-0.39, 0.29) is 18.5 Å². The highest BCUT2D eigenvalue weighted by atomic mass is 35.5. The lowest BCUT2D eigenvalue weighted by molar-refractivity contribution is -0.130. The molecule has 2 N–H and O–H groups in total. The maximum absolute atomic E-state index is 12.4. The summed E-state index contributed by atoms with van der Waals surface area (Å²) in [6, 6.07) is 15.3. The number of halogens is 1. The van der Waals surface area contributed by atoms with E-state index in [4.69, 9.17) is 11.6 Å². The van der Waals surface area contributed by atoms with Gasteiger partial charge in [-0.1, -0.05) is 53.6 Å². The van der Waals surface area contributed by atoms with Crippen LogP contribution in [0.15, 0.2) is 48.5 Å². The van der Waals surface area contributed by atoms with Crippen molar-refractivity contribution in [3.05, 3.63) is 64.7 Å². The van der Waals surface area contributed by atoms with Gasteiger partial charge in [0.1, 0.15) is 0 Å². The lowest BCUT2D eigenvalue weighted by Gasteiger charge is -2.36. The third-order valence-corrected chi connectivity index (χ3v) is 5.12. The highest BCUT2D eigenvalue weighted by Gasteiger charge is 2.22. The molecule has 3 amide bonds. The second kappa shape index (κ2) is 9.46. The molecule has 2 aromatic rings. The Labute approximate surface area is 170 Å². The summed E-state index contributed by atoms with van der Waals surface area (Å²) in [7, 11) is 0. The average molecular weight is 401 g/mol. The van der Waals surface area contributed by atoms with Crippen molar-refractivity contribution in [2.75, 3.05) is 37.6 Å². The first kappa shape index (κ1) is 20.0. The number of hydrogen-bond acceptors (Lipinski definition) is 3. The molecular weight excluding hydrogens is 376 g/mol. The smallest absolute Gasteiger partial charge is 0.315 e. The fourth-order valence-corrected chi connectivity index (χ4v) is 3.38. The molecule has 0 saturated carbocycles. The fourth-order valence-electron chi connectivity index (χ4n) is 3.12. The van der Waals surface area contributed by atoms with Gasteiger partial charge in [-0.3, -0.25) is 4.79 Å². The zero-order valence-electron chi connectivity index (χ0n) is 16.0. The van der Waals surface area contributed by atoms with E-state index in [1.54, 1.807) is 4.90 Å². The van der Waals surface area contributed by atoms with Gasteiger partial charge in [-0.15, -0.1) is 0 Å². The predicted octanol–water partition coefficient (Wildman–Crippen LogP) is 2.80. The Bertz CT molecular complexity index is 817. The lowest BCUT2D eigenvalue weighted by Crippen LogP contribution is -2.52. The third kappa shape index (κ3) is 5.39. The first-order chi connectivity index (χ1) is 13.5. The van der Waals surface area contributed by atoms with Crippen molar-refractivity contribution in [1.82, 2.24) is 15.5 Å². The van der Waals surface area contributed by atoms with Crippen LogP contribution in [-0.2, 0) is 11.3 Å². The Hall–Kier alpha value is -2.73. The van der Waals surface area contributed by atoms with E-state index >= 15 is 0 Å². The largest absolute Gasteiger partial charge is 0.367 e. The van der Waals surface area contributed by atoms with Gasteiger partial charge in [0.25, 0.3) is 0 Å². The highest BCUT2D eigenvalue weighted by molar-refractivity contribution is 6.33. The molecule has 0 bridgehead atoms. The van der Waals surface area contributed by atoms with E-state index in [9.17, 15) is 9.59 Å². The third-order valence-electron chi connectivity index (χ3n) is 4.80. The fraction of sp³-hybridized carbons (Fsp3) is 0.333. The Morgan fingerprint density at radius 3 is 2.32 bits per heavy atom. The normalized spacial score (nSPS) is 13.9. The van der Waals surface area contributed by atoms with Gasteiger partial charge >= 0.3 is 6.03 Å². The number of benzene rings is 2. The minimum atomic E-state index is -0.344. The molecule has 6 nitrogen and oxygen atoms in total. The quantitative estimate of drug-likeness (QED) is 0.811. The minimum absolute atomic E-state index is 0.00811. The van der Waals surface area contributed by atoms with Crippen LogP contribution >= 0.6 is 11.6 Å². The summed E-state index contributed by atoms with van der Waals surface area (Å²) in [5, 5.41) is 6.12. The number of aryl methyl sites for hydroxylation is 1. The van der Waals surface area contributed by atoms with Crippen molar-refractivity contribution in [3.63, 3.8) is 0 Å². The molecule has 3 rings (SSSR count). The van der Waals surface area contributed by atoms with Crippen LogP contribution in [0.25, 0.3) is 0 Å². The van der Waals surface area contributed by atoms with Crippen molar-refractivity contribution in [2.24, 2.45) is 0 Å². The van der Waals surface area contributed by atoms with Gasteiger partial charge in [-0.05, 0) is 24.6 Å². The van der Waals surface area contributed by atoms with E-state index in [0.717, 1.165) is 24.3 Å². The molecule has 28 heavy (non-hydrogen) atoms. The second-order valence-electron chi connectivity index (χ2n) is 6.84. The van der Waals surface area contributed by atoms with Crippen molar-refractivity contribution in [1.29, 1.82) is 0 Å². The van der Waals surface area contributed by atoms with Crippen molar-refractivity contribution in [2.45, 2.75) is 13.5 Å². The van der Waals surface area contributed by atoms with Gasteiger partial charge in [0.05, 0.1) is 17.3 Å². The average Bonchev–Trinajstić information content (AvgIpc) is 2.72. The predicted molar refractivity (Wildman–Crippen MR) is 112 cm³/mol. The number of urea groups is 1. The number of piperazine rings is 1. The Morgan fingerprint density at radius 2 is 1.64 bits per heavy atom. The van der Waals surface area contributed by atoms with Crippen molar-refractivity contribution in [3.8, 4) is 0 Å². The van der Waals surface area contributed by atoms with E-state index in [1.165, 1.54) is 5.56 Å². The molecule has 0 atom stereocenters. The Balaban J connectivity index is 1.39. The number of rotatable bonds is 5. The van der Waals surface area contributed by atoms with E-state index in [1.807, 2.05) is 55.5 Å². The Kier molecular flexibility index (Phi) is 6.76. The standard InChI is InChI=1S/C21H25ClN4O2/c1-16-6-8-17(9-7-16)14-23-21(28)24-15-20(27)26-12-10-25(11-13-26)19-5-3-2-4-18(19)22/h2-9H,10-15H2,1H3,(H2,23,24,28). The Morgan fingerprint density at radius 1 is 0.964 bits per heavy atom. The van der Waals surface area contributed by atoms with Crippen molar-refractivity contribution < 1.29 is 9.59 Å². The summed E-state index contributed by atoms with van der Waals surface area (Å²) in [6.07, 6.45) is 0. The molecule has 1 aliphatic heterocycles. The van der Waals surface area contributed by atoms with Gasteiger partial charge in [-0.25, -0.2) is 4.79 Å². The van der Waals surface area contributed by atoms with Crippen LogP contribution in [0.1, 0.15) is 11.1 Å². The SMILES string of the molecule is Cc1ccc(CNC(=O)NCC(=O)N2CCN(c3ccccc3Cl)CC2)cc1. The molecule has 1 saturated heterocycles. The molecular formula is C21H25ClN4O2. The number of para-hydroxylation sites is 1. The van der Waals surface area contributed by atoms with Gasteiger partial charge in [0.15, 0.2) is 0 Å². The lowest BCUT2D eigenvalue weighted by atomic mass is 10.1. The van der Waals surface area contributed by atoms with Crippen LogP contribution in [0.2, 0.25) is 5.02 Å². The van der Waals surface area contributed by atoms with E-state index in [2.05, 4.69) is 15.5 Å². The second-order valence-corrected chi connectivity index (χ2v) is 7.25. The number of carbonyl (C=O) groups is 2. The van der Waals surface area contributed by atoms with Crippen molar-refractivity contribution >= 4 is 29.2 Å². The zero-order valence-corrected chi connectivity index (χ0v) is 16.7. The van der Waals surface area contributed by atoms with Crippen LogP contribution in [0.4, 0.5) is 10.5 Å². The molecule has 0 aromatic heterocycles. The van der Waals surface area contributed by atoms with Gasteiger partial charge in [0.2, 0.25) is 5.91 Å². The topological polar surface area (TPSA) is 64.7 Å². The highest BCUT2D eigenvalue weighted by Crippen LogP contribution is 2.25. The van der Waals surface area contributed by atoms with Gasteiger partial charge in [-0.2, -0.15) is 0 Å². The first-order valence-electron chi connectivity index (χ1n) is 9.37. The monoisotopic (exact) mass is 400 g/mol. The number of nitrogens with zero attached hydrogens (tertiary/aromatic N) is 2. The van der Waals surface area contributed by atoms with Crippen LogP contribution in [-0.4, -0.2) is 49.6 Å². The van der Waals surface area contributed by atoms with Crippen LogP contribution in [0.5, 0.6) is 0 Å². The summed E-state index contributed by atoms with van der Waals surface area (Å²) in [5.41, 5.74) is 3.18. The minimum Gasteiger partial charge on any atom is -0.367 e.